The zero-order chi connectivity index (χ0) is 14.0. The minimum atomic E-state index is 0.128. The summed E-state index contributed by atoms with van der Waals surface area (Å²) in [7, 11) is 1.73. The Kier molecular flexibility index (Phi) is 3.53. The number of guanidine groups is 1. The van der Waals surface area contributed by atoms with Gasteiger partial charge >= 0.3 is 0 Å². The van der Waals surface area contributed by atoms with E-state index in [-0.39, 0.29) is 5.60 Å². The normalized spacial score (nSPS) is 25.1. The van der Waals surface area contributed by atoms with Crippen molar-refractivity contribution in [3.05, 3.63) is 24.3 Å². The first-order valence-corrected chi connectivity index (χ1v) is 7.23. The van der Waals surface area contributed by atoms with Crippen LogP contribution in [0.2, 0.25) is 0 Å². The van der Waals surface area contributed by atoms with Gasteiger partial charge in [-0.15, -0.1) is 0 Å². The molecular formula is C15H22N4O. The van der Waals surface area contributed by atoms with Crippen molar-refractivity contribution >= 4 is 17.3 Å². The molecule has 0 aromatic heterocycles. The number of nitrogens with one attached hydrogen (secondary N) is 3. The number of nitrogens with zero attached hydrogens (tertiary/aromatic N) is 1. The molecule has 20 heavy (non-hydrogen) atoms. The van der Waals surface area contributed by atoms with Gasteiger partial charge < -0.3 is 20.3 Å². The molecule has 2 aliphatic rings. The van der Waals surface area contributed by atoms with Gasteiger partial charge in [-0.25, -0.2) is 0 Å². The molecule has 1 spiro atoms. The maximum Gasteiger partial charge on any atom is 0.192 e. The van der Waals surface area contributed by atoms with E-state index < -0.39 is 0 Å². The molecule has 3 rings (SSSR count). The van der Waals surface area contributed by atoms with E-state index in [0.717, 1.165) is 25.4 Å². The third-order valence-corrected chi connectivity index (χ3v) is 4.26. The van der Waals surface area contributed by atoms with Crippen molar-refractivity contribution in [2.75, 3.05) is 37.0 Å². The lowest BCUT2D eigenvalue weighted by atomic mass is 9.85. The topological polar surface area (TPSA) is 60.4 Å². The molecule has 0 radical (unpaired) electrons. The van der Waals surface area contributed by atoms with Crippen LogP contribution in [0.3, 0.4) is 0 Å². The second-order valence-corrected chi connectivity index (χ2v) is 5.60. The summed E-state index contributed by atoms with van der Waals surface area (Å²) in [5, 5.41) is 13.3. The Labute approximate surface area is 119 Å². The zero-order valence-corrected chi connectivity index (χ0v) is 11.9. The van der Waals surface area contributed by atoms with E-state index in [1.807, 2.05) is 12.1 Å². The number of ether oxygens (including phenoxy) is 1. The van der Waals surface area contributed by atoms with Gasteiger partial charge in [0.05, 0.1) is 12.2 Å². The average molecular weight is 274 g/mol. The van der Waals surface area contributed by atoms with Crippen molar-refractivity contribution in [3.8, 4) is 0 Å². The minimum absolute atomic E-state index is 0.128. The van der Waals surface area contributed by atoms with Gasteiger partial charge in [0.1, 0.15) is 0 Å². The fourth-order valence-corrected chi connectivity index (χ4v) is 2.99. The van der Waals surface area contributed by atoms with E-state index in [2.05, 4.69) is 27.7 Å². The van der Waals surface area contributed by atoms with Crippen LogP contribution in [0.1, 0.15) is 19.3 Å². The predicted octanol–water partition coefficient (Wildman–Crippen LogP) is 2.01. The maximum absolute atomic E-state index is 7.56. The molecule has 0 aliphatic carbocycles. The highest BCUT2D eigenvalue weighted by Crippen LogP contribution is 2.37. The summed E-state index contributed by atoms with van der Waals surface area (Å²) in [5.74, 6) is 0.303. The summed E-state index contributed by atoms with van der Waals surface area (Å²) in [6.45, 7) is 3.03. The highest BCUT2D eigenvalue weighted by atomic mass is 16.5. The summed E-state index contributed by atoms with van der Waals surface area (Å²) in [4.78, 5) is 2.41. The number of anilines is 2. The monoisotopic (exact) mass is 274 g/mol. The van der Waals surface area contributed by atoms with Gasteiger partial charge in [0, 0.05) is 37.9 Å². The third-order valence-electron chi connectivity index (χ3n) is 4.26. The number of rotatable bonds is 2. The van der Waals surface area contributed by atoms with Gasteiger partial charge in [-0.2, -0.15) is 0 Å². The lowest BCUT2D eigenvalue weighted by Gasteiger charge is -2.49. The van der Waals surface area contributed by atoms with E-state index in [0.29, 0.717) is 5.96 Å². The summed E-state index contributed by atoms with van der Waals surface area (Å²) in [6, 6.07) is 8.26. The molecule has 5 heteroatoms. The van der Waals surface area contributed by atoms with Crippen LogP contribution < -0.4 is 15.5 Å². The van der Waals surface area contributed by atoms with Crippen LogP contribution in [-0.4, -0.2) is 38.3 Å². The summed E-state index contributed by atoms with van der Waals surface area (Å²) < 4.78 is 5.81. The van der Waals surface area contributed by atoms with Crippen LogP contribution in [0.25, 0.3) is 0 Å². The molecule has 2 aliphatic heterocycles. The fraction of sp³-hybridized carbons (Fsp3) is 0.533. The van der Waals surface area contributed by atoms with Crippen LogP contribution in [0.5, 0.6) is 0 Å². The molecule has 3 N–H and O–H groups in total. The third kappa shape index (κ3) is 2.58. The maximum atomic E-state index is 7.56. The van der Waals surface area contributed by atoms with Crippen LogP contribution in [0, 0.1) is 5.41 Å². The van der Waals surface area contributed by atoms with E-state index in [1.54, 1.807) is 7.05 Å². The first kappa shape index (κ1) is 13.2. The highest BCUT2D eigenvalue weighted by Gasteiger charge is 2.42. The Hall–Kier alpha value is -1.75. The van der Waals surface area contributed by atoms with Crippen molar-refractivity contribution in [2.45, 2.75) is 24.9 Å². The second-order valence-electron chi connectivity index (χ2n) is 5.60. The Morgan fingerprint density at radius 3 is 2.65 bits per heavy atom. The molecule has 0 saturated carbocycles. The summed E-state index contributed by atoms with van der Waals surface area (Å²) in [5.41, 5.74) is 2.30. The Morgan fingerprint density at radius 1 is 1.30 bits per heavy atom. The fourth-order valence-electron chi connectivity index (χ4n) is 2.99. The quantitative estimate of drug-likeness (QED) is 0.570. The first-order valence-electron chi connectivity index (χ1n) is 7.23. The Bertz CT molecular complexity index is 481. The molecule has 0 amide bonds. The van der Waals surface area contributed by atoms with Crippen molar-refractivity contribution in [2.24, 2.45) is 0 Å². The van der Waals surface area contributed by atoms with Crippen LogP contribution >= 0.6 is 0 Å². The smallest absolute Gasteiger partial charge is 0.192 e. The van der Waals surface area contributed by atoms with Crippen molar-refractivity contribution in [3.63, 3.8) is 0 Å². The molecule has 1 aromatic carbocycles. The van der Waals surface area contributed by atoms with E-state index in [1.165, 1.54) is 24.9 Å². The Morgan fingerprint density at radius 2 is 2.05 bits per heavy atom. The Balaban J connectivity index is 1.66. The predicted molar refractivity (Wildman–Crippen MR) is 81.6 cm³/mol. The van der Waals surface area contributed by atoms with Gasteiger partial charge in [0.2, 0.25) is 0 Å². The summed E-state index contributed by atoms with van der Waals surface area (Å²) in [6.07, 6.45) is 3.59. The molecule has 108 valence electrons. The van der Waals surface area contributed by atoms with E-state index in [4.69, 9.17) is 10.1 Å². The van der Waals surface area contributed by atoms with Crippen LogP contribution in [-0.2, 0) is 4.74 Å². The number of hydrogen-bond acceptors (Lipinski definition) is 3. The lowest BCUT2D eigenvalue weighted by molar-refractivity contribution is -0.150. The SMILES string of the molecule is CNC(=N)Nc1ccc(N2CCC[C@@]3(CCO3)C2)cc1. The molecule has 2 heterocycles. The summed E-state index contributed by atoms with van der Waals surface area (Å²) >= 11 is 0. The van der Waals surface area contributed by atoms with Crippen molar-refractivity contribution in [1.29, 1.82) is 5.41 Å². The lowest BCUT2D eigenvalue weighted by Crippen LogP contribution is -2.56. The molecule has 0 unspecified atom stereocenters. The van der Waals surface area contributed by atoms with Crippen molar-refractivity contribution < 1.29 is 4.74 Å². The van der Waals surface area contributed by atoms with E-state index >= 15 is 0 Å². The highest BCUT2D eigenvalue weighted by molar-refractivity contribution is 5.91. The van der Waals surface area contributed by atoms with Crippen LogP contribution in [0.4, 0.5) is 11.4 Å². The first-order chi connectivity index (χ1) is 9.71. The van der Waals surface area contributed by atoms with E-state index in [9.17, 15) is 0 Å². The molecule has 1 aromatic rings. The van der Waals surface area contributed by atoms with Gasteiger partial charge in [-0.05, 0) is 37.1 Å². The number of benzene rings is 1. The molecule has 5 nitrogen and oxygen atoms in total. The van der Waals surface area contributed by atoms with Crippen LogP contribution in [0.15, 0.2) is 24.3 Å². The van der Waals surface area contributed by atoms with Gasteiger partial charge in [-0.3, -0.25) is 5.41 Å². The second kappa shape index (κ2) is 5.32. The molecular weight excluding hydrogens is 252 g/mol. The van der Waals surface area contributed by atoms with Gasteiger partial charge in [-0.1, -0.05) is 0 Å². The van der Waals surface area contributed by atoms with Gasteiger partial charge in [0.15, 0.2) is 5.96 Å². The molecule has 2 fully saturated rings. The van der Waals surface area contributed by atoms with Gasteiger partial charge in [0.25, 0.3) is 0 Å². The largest absolute Gasteiger partial charge is 0.373 e. The van der Waals surface area contributed by atoms with Crippen molar-refractivity contribution in [1.82, 2.24) is 5.32 Å². The molecule has 1 atom stereocenters. The average Bonchev–Trinajstić information content (AvgIpc) is 2.46. The number of hydrogen-bond donors (Lipinski definition) is 3. The number of piperidine rings is 1. The minimum Gasteiger partial charge on any atom is -0.373 e. The molecule has 0 bridgehead atoms. The standard InChI is InChI=1S/C15H22N4O/c1-17-14(16)18-12-3-5-13(6-4-12)19-9-2-7-15(11-19)8-10-20-15/h3-6H,2,7-11H2,1H3,(H3,16,17,18)/t15-/m1/s1. The molecule has 2 saturated heterocycles. The zero-order valence-electron chi connectivity index (χ0n) is 11.9.